The number of benzene rings is 1. The highest BCUT2D eigenvalue weighted by molar-refractivity contribution is 7.89. The summed E-state index contributed by atoms with van der Waals surface area (Å²) in [6.45, 7) is 2.35. The Balaban J connectivity index is 1.83. The molecule has 2 aliphatic heterocycles. The average molecular weight is 340 g/mol. The summed E-state index contributed by atoms with van der Waals surface area (Å²) in [7, 11) is -3.65. The van der Waals surface area contributed by atoms with Crippen LogP contribution in [0.15, 0.2) is 29.2 Å². The molecule has 23 heavy (non-hydrogen) atoms. The van der Waals surface area contributed by atoms with Crippen molar-refractivity contribution in [1.82, 2.24) is 4.31 Å². The Morgan fingerprint density at radius 1 is 1.13 bits per heavy atom. The van der Waals surface area contributed by atoms with Crippen molar-refractivity contribution in [2.75, 3.05) is 44.8 Å². The third-order valence-electron chi connectivity index (χ3n) is 4.03. The van der Waals surface area contributed by atoms with Crippen LogP contribution in [0.5, 0.6) is 0 Å². The zero-order valence-electron chi connectivity index (χ0n) is 12.7. The van der Waals surface area contributed by atoms with Crippen molar-refractivity contribution in [1.29, 1.82) is 0 Å². The number of sulfonamides is 1. The number of carbonyl (C=O) groups excluding carboxylic acids is 1. The third kappa shape index (κ3) is 3.55. The van der Waals surface area contributed by atoms with Gasteiger partial charge in [0.15, 0.2) is 0 Å². The van der Waals surface area contributed by atoms with E-state index in [1.54, 1.807) is 18.2 Å². The van der Waals surface area contributed by atoms with Gasteiger partial charge in [0.05, 0.1) is 31.4 Å². The number of para-hydroxylation sites is 1. The number of morpholine rings is 1. The second-order valence-electron chi connectivity index (χ2n) is 5.56. The van der Waals surface area contributed by atoms with Crippen LogP contribution in [-0.2, 0) is 24.3 Å². The Morgan fingerprint density at radius 2 is 1.87 bits per heavy atom. The van der Waals surface area contributed by atoms with Crippen LogP contribution < -0.4 is 5.32 Å². The summed E-state index contributed by atoms with van der Waals surface area (Å²) >= 11 is 0. The van der Waals surface area contributed by atoms with Crippen LogP contribution in [0, 0.1) is 5.92 Å². The Labute approximate surface area is 135 Å². The molecule has 0 saturated carbocycles. The summed E-state index contributed by atoms with van der Waals surface area (Å²) in [6, 6.07) is 6.49. The number of anilines is 1. The lowest BCUT2D eigenvalue weighted by Gasteiger charge is -2.27. The molecule has 3 rings (SSSR count). The van der Waals surface area contributed by atoms with E-state index in [2.05, 4.69) is 5.32 Å². The number of amides is 1. The van der Waals surface area contributed by atoms with E-state index in [0.29, 0.717) is 51.6 Å². The quantitative estimate of drug-likeness (QED) is 0.871. The van der Waals surface area contributed by atoms with Crippen molar-refractivity contribution in [2.45, 2.75) is 11.3 Å². The fourth-order valence-electron chi connectivity index (χ4n) is 2.70. The molecular formula is C15H20N2O5S. The Morgan fingerprint density at radius 3 is 2.57 bits per heavy atom. The molecule has 0 radical (unpaired) electrons. The third-order valence-corrected chi connectivity index (χ3v) is 5.99. The maximum atomic E-state index is 12.8. The second kappa shape index (κ2) is 6.96. The number of nitrogens with one attached hydrogen (secondary N) is 1. The lowest BCUT2D eigenvalue weighted by Crippen LogP contribution is -2.41. The Hall–Kier alpha value is -1.48. The molecular weight excluding hydrogens is 320 g/mol. The molecule has 0 bridgehead atoms. The molecule has 0 aliphatic carbocycles. The van der Waals surface area contributed by atoms with Crippen LogP contribution >= 0.6 is 0 Å². The van der Waals surface area contributed by atoms with Gasteiger partial charge in [0.25, 0.3) is 0 Å². The van der Waals surface area contributed by atoms with Crippen LogP contribution in [0.1, 0.15) is 6.42 Å². The van der Waals surface area contributed by atoms with Gasteiger partial charge in [-0.25, -0.2) is 8.42 Å². The monoisotopic (exact) mass is 340 g/mol. The minimum atomic E-state index is -3.65. The molecule has 7 nitrogen and oxygen atoms in total. The number of carbonyl (C=O) groups is 1. The van der Waals surface area contributed by atoms with E-state index >= 15 is 0 Å². The Kier molecular flexibility index (Phi) is 4.96. The maximum absolute atomic E-state index is 12.8. The fourth-order valence-corrected chi connectivity index (χ4v) is 4.25. The number of nitrogens with zero attached hydrogens (tertiary/aromatic N) is 1. The lowest BCUT2D eigenvalue weighted by molar-refractivity contribution is -0.119. The van der Waals surface area contributed by atoms with E-state index in [4.69, 9.17) is 9.47 Å². The Bertz CT molecular complexity index is 664. The fraction of sp³-hybridized carbons (Fsp3) is 0.533. The smallest absolute Gasteiger partial charge is 0.245 e. The number of rotatable bonds is 4. The van der Waals surface area contributed by atoms with E-state index in [9.17, 15) is 13.2 Å². The summed E-state index contributed by atoms with van der Waals surface area (Å²) < 4.78 is 37.4. The highest BCUT2D eigenvalue weighted by atomic mass is 32.2. The van der Waals surface area contributed by atoms with Gasteiger partial charge in [-0.15, -0.1) is 0 Å². The summed E-state index contributed by atoms with van der Waals surface area (Å²) in [5, 5.41) is 2.74. The molecule has 2 aliphatic rings. The predicted octanol–water partition coefficient (Wildman–Crippen LogP) is 0.682. The van der Waals surface area contributed by atoms with Gasteiger partial charge in [0.1, 0.15) is 4.90 Å². The lowest BCUT2D eigenvalue weighted by atomic mass is 10.1. The predicted molar refractivity (Wildman–Crippen MR) is 83.6 cm³/mol. The van der Waals surface area contributed by atoms with Crippen molar-refractivity contribution >= 4 is 21.6 Å². The molecule has 1 amide bonds. The zero-order valence-corrected chi connectivity index (χ0v) is 13.5. The minimum absolute atomic E-state index is 0.120. The maximum Gasteiger partial charge on any atom is 0.245 e. The van der Waals surface area contributed by atoms with Gasteiger partial charge in [0, 0.05) is 19.7 Å². The van der Waals surface area contributed by atoms with Crippen LogP contribution in [0.25, 0.3) is 0 Å². The topological polar surface area (TPSA) is 84.9 Å². The van der Waals surface area contributed by atoms with Crippen molar-refractivity contribution in [3.63, 3.8) is 0 Å². The SMILES string of the molecule is O=C(Nc1ccccc1S(=O)(=O)N1CCOCC1)C1CCOC1. The molecule has 1 aromatic rings. The van der Waals surface area contributed by atoms with Gasteiger partial charge in [-0.3, -0.25) is 4.79 Å². The van der Waals surface area contributed by atoms with Gasteiger partial charge >= 0.3 is 0 Å². The van der Waals surface area contributed by atoms with Crippen molar-refractivity contribution in [3.05, 3.63) is 24.3 Å². The summed E-state index contributed by atoms with van der Waals surface area (Å²) in [4.78, 5) is 12.4. The molecule has 2 fully saturated rings. The van der Waals surface area contributed by atoms with E-state index in [0.717, 1.165) is 0 Å². The highest BCUT2D eigenvalue weighted by Gasteiger charge is 2.30. The molecule has 2 saturated heterocycles. The van der Waals surface area contributed by atoms with Gasteiger partial charge in [0.2, 0.25) is 15.9 Å². The summed E-state index contributed by atoms with van der Waals surface area (Å²) in [6.07, 6.45) is 0.657. The molecule has 1 N–H and O–H groups in total. The van der Waals surface area contributed by atoms with Crippen molar-refractivity contribution in [2.24, 2.45) is 5.92 Å². The average Bonchev–Trinajstić information content (AvgIpc) is 3.11. The summed E-state index contributed by atoms with van der Waals surface area (Å²) in [5.41, 5.74) is 0.316. The molecule has 8 heteroatoms. The first kappa shape index (κ1) is 16.4. The van der Waals surface area contributed by atoms with Gasteiger partial charge in [-0.05, 0) is 18.6 Å². The van der Waals surface area contributed by atoms with E-state index in [1.807, 2.05) is 0 Å². The normalized spacial score (nSPS) is 22.9. The van der Waals surface area contributed by atoms with Gasteiger partial charge in [-0.1, -0.05) is 12.1 Å². The molecule has 126 valence electrons. The van der Waals surface area contributed by atoms with Gasteiger partial charge in [-0.2, -0.15) is 4.31 Å². The first-order chi connectivity index (χ1) is 11.1. The highest BCUT2D eigenvalue weighted by Crippen LogP contribution is 2.26. The molecule has 0 spiro atoms. The molecule has 2 heterocycles. The van der Waals surface area contributed by atoms with E-state index in [1.165, 1.54) is 10.4 Å². The van der Waals surface area contributed by atoms with Crippen molar-refractivity contribution in [3.8, 4) is 0 Å². The van der Waals surface area contributed by atoms with E-state index < -0.39 is 10.0 Å². The molecule has 1 unspecified atom stereocenters. The largest absolute Gasteiger partial charge is 0.381 e. The molecule has 1 atom stereocenters. The number of hydrogen-bond acceptors (Lipinski definition) is 5. The first-order valence-corrected chi connectivity index (χ1v) is 9.08. The number of hydrogen-bond donors (Lipinski definition) is 1. The molecule has 1 aromatic carbocycles. The molecule has 0 aromatic heterocycles. The van der Waals surface area contributed by atoms with Gasteiger partial charge < -0.3 is 14.8 Å². The van der Waals surface area contributed by atoms with Crippen molar-refractivity contribution < 1.29 is 22.7 Å². The standard InChI is InChI=1S/C15H20N2O5S/c18-15(12-5-8-22-11-12)16-13-3-1-2-4-14(13)23(19,20)17-6-9-21-10-7-17/h1-4,12H,5-11H2,(H,16,18). The van der Waals surface area contributed by atoms with E-state index in [-0.39, 0.29) is 16.7 Å². The second-order valence-corrected chi connectivity index (χ2v) is 7.47. The summed E-state index contributed by atoms with van der Waals surface area (Å²) in [5.74, 6) is -0.429. The zero-order chi connectivity index (χ0) is 16.3. The van der Waals surface area contributed by atoms with Crippen LogP contribution in [-0.4, -0.2) is 58.1 Å². The number of ether oxygens (including phenoxy) is 2. The van der Waals surface area contributed by atoms with Crippen LogP contribution in [0.3, 0.4) is 0 Å². The minimum Gasteiger partial charge on any atom is -0.381 e. The van der Waals surface area contributed by atoms with Crippen LogP contribution in [0.4, 0.5) is 5.69 Å². The first-order valence-electron chi connectivity index (χ1n) is 7.64. The van der Waals surface area contributed by atoms with Crippen LogP contribution in [0.2, 0.25) is 0 Å².